The van der Waals surface area contributed by atoms with E-state index in [2.05, 4.69) is 20.3 Å². The number of para-hydroxylation sites is 1. The Morgan fingerprint density at radius 2 is 1.87 bits per heavy atom. The highest BCUT2D eigenvalue weighted by atomic mass is 16.5. The van der Waals surface area contributed by atoms with Crippen molar-refractivity contribution in [2.45, 2.75) is 38.5 Å². The third-order valence-corrected chi connectivity index (χ3v) is 5.92. The van der Waals surface area contributed by atoms with Crippen molar-refractivity contribution in [3.63, 3.8) is 0 Å². The smallest absolute Gasteiger partial charge is 0.253 e. The predicted octanol–water partition coefficient (Wildman–Crippen LogP) is 4.49. The molecule has 6 nitrogen and oxygen atoms in total. The molecule has 1 amide bonds. The number of hydrogen-bond acceptors (Lipinski definition) is 4. The molecule has 2 aromatic heterocycles. The van der Waals surface area contributed by atoms with Crippen molar-refractivity contribution in [2.24, 2.45) is 5.92 Å². The summed E-state index contributed by atoms with van der Waals surface area (Å²) < 4.78 is 5.48. The zero-order valence-electron chi connectivity index (χ0n) is 17.5. The van der Waals surface area contributed by atoms with Crippen molar-refractivity contribution < 1.29 is 9.53 Å². The Morgan fingerprint density at radius 3 is 2.60 bits per heavy atom. The van der Waals surface area contributed by atoms with E-state index in [-0.39, 0.29) is 5.91 Å². The predicted molar refractivity (Wildman–Crippen MR) is 117 cm³/mol. The van der Waals surface area contributed by atoms with E-state index >= 15 is 0 Å². The van der Waals surface area contributed by atoms with Crippen molar-refractivity contribution in [3.8, 4) is 17.0 Å². The van der Waals surface area contributed by atoms with E-state index in [1.165, 1.54) is 0 Å². The molecule has 0 bridgehead atoms. The van der Waals surface area contributed by atoms with Gasteiger partial charge in [0, 0.05) is 36.1 Å². The van der Waals surface area contributed by atoms with Gasteiger partial charge in [0.15, 0.2) is 0 Å². The van der Waals surface area contributed by atoms with E-state index in [9.17, 15) is 4.79 Å². The Morgan fingerprint density at radius 1 is 1.13 bits per heavy atom. The van der Waals surface area contributed by atoms with Crippen LogP contribution in [0.2, 0.25) is 0 Å². The molecule has 0 saturated heterocycles. The third-order valence-electron chi connectivity index (χ3n) is 5.92. The molecular formula is C24H28N4O2. The number of benzene rings is 1. The maximum Gasteiger partial charge on any atom is 0.253 e. The van der Waals surface area contributed by atoms with Crippen LogP contribution in [0, 0.1) is 12.8 Å². The fourth-order valence-corrected chi connectivity index (χ4v) is 4.31. The number of hydrogen-bond donors (Lipinski definition) is 2. The summed E-state index contributed by atoms with van der Waals surface area (Å²) in [5.74, 6) is 2.57. The maximum absolute atomic E-state index is 13.0. The second kappa shape index (κ2) is 9.11. The van der Waals surface area contributed by atoms with Crippen molar-refractivity contribution >= 4 is 5.91 Å². The summed E-state index contributed by atoms with van der Waals surface area (Å²) in [5.41, 5.74) is 3.29. The molecule has 30 heavy (non-hydrogen) atoms. The average Bonchev–Trinajstić information content (AvgIpc) is 3.20. The quantitative estimate of drug-likeness (QED) is 0.634. The molecule has 1 aromatic carbocycles. The summed E-state index contributed by atoms with van der Waals surface area (Å²) in [5, 5.41) is 3.15. The van der Waals surface area contributed by atoms with Crippen LogP contribution in [0.3, 0.4) is 0 Å². The lowest BCUT2D eigenvalue weighted by Gasteiger charge is -2.27. The third kappa shape index (κ3) is 4.37. The Labute approximate surface area is 177 Å². The van der Waals surface area contributed by atoms with Gasteiger partial charge < -0.3 is 15.0 Å². The number of methoxy groups -OCH3 is 1. The lowest BCUT2D eigenvalue weighted by Crippen LogP contribution is -2.31. The fourth-order valence-electron chi connectivity index (χ4n) is 4.31. The number of carbonyl (C=O) groups is 1. The normalized spacial score (nSPS) is 18.7. The van der Waals surface area contributed by atoms with E-state index < -0.39 is 0 Å². The lowest BCUT2D eigenvalue weighted by molar-refractivity contribution is 0.0943. The minimum Gasteiger partial charge on any atom is -0.496 e. The van der Waals surface area contributed by atoms with Gasteiger partial charge in [-0.1, -0.05) is 12.1 Å². The molecule has 6 heteroatoms. The van der Waals surface area contributed by atoms with E-state index in [4.69, 9.17) is 4.74 Å². The van der Waals surface area contributed by atoms with Crippen LogP contribution in [0.5, 0.6) is 5.75 Å². The van der Waals surface area contributed by atoms with Gasteiger partial charge in [0.1, 0.15) is 11.6 Å². The van der Waals surface area contributed by atoms with Crippen LogP contribution < -0.4 is 10.1 Å². The van der Waals surface area contributed by atoms with Gasteiger partial charge in [0.25, 0.3) is 5.91 Å². The second-order valence-electron chi connectivity index (χ2n) is 7.98. The summed E-state index contributed by atoms with van der Waals surface area (Å²) in [4.78, 5) is 25.1. The van der Waals surface area contributed by atoms with Gasteiger partial charge in [-0.25, -0.2) is 9.97 Å². The molecule has 2 N–H and O–H groups in total. The van der Waals surface area contributed by atoms with Crippen LogP contribution in [0.4, 0.5) is 0 Å². The highest BCUT2D eigenvalue weighted by molar-refractivity contribution is 6.01. The number of H-pyrrole nitrogens is 1. The Kier molecular flexibility index (Phi) is 6.12. The number of carbonyl (C=O) groups excluding carboxylic acids is 1. The van der Waals surface area contributed by atoms with E-state index in [0.717, 1.165) is 54.2 Å². The number of rotatable bonds is 6. The van der Waals surface area contributed by atoms with Crippen LogP contribution in [0.15, 0.2) is 48.8 Å². The maximum atomic E-state index is 13.0. The number of amides is 1. The van der Waals surface area contributed by atoms with Crippen LogP contribution >= 0.6 is 0 Å². The molecule has 0 aliphatic heterocycles. The monoisotopic (exact) mass is 404 g/mol. The zero-order valence-corrected chi connectivity index (χ0v) is 17.5. The summed E-state index contributed by atoms with van der Waals surface area (Å²) in [6.45, 7) is 2.65. The first-order valence-corrected chi connectivity index (χ1v) is 10.5. The molecule has 1 saturated carbocycles. The number of aryl methyl sites for hydroxylation is 1. The molecule has 3 aromatic rings. The molecule has 0 atom stereocenters. The fraction of sp³-hybridized carbons (Fsp3) is 0.375. The van der Waals surface area contributed by atoms with Gasteiger partial charge in [-0.3, -0.25) is 4.79 Å². The van der Waals surface area contributed by atoms with Crippen molar-refractivity contribution in [1.29, 1.82) is 0 Å². The molecule has 156 valence electrons. The Balaban J connectivity index is 1.39. The summed E-state index contributed by atoms with van der Waals surface area (Å²) in [7, 11) is 1.64. The van der Waals surface area contributed by atoms with E-state index in [1.807, 2.05) is 55.7 Å². The second-order valence-corrected chi connectivity index (χ2v) is 7.98. The molecule has 1 aliphatic carbocycles. The molecule has 4 rings (SSSR count). The van der Waals surface area contributed by atoms with Gasteiger partial charge in [-0.05, 0) is 62.8 Å². The number of nitrogens with zero attached hydrogens (tertiary/aromatic N) is 2. The Hall–Kier alpha value is -3.15. The van der Waals surface area contributed by atoms with E-state index in [0.29, 0.717) is 23.9 Å². The molecule has 2 heterocycles. The molecule has 0 radical (unpaired) electrons. The van der Waals surface area contributed by atoms with Crippen LogP contribution in [0.25, 0.3) is 11.3 Å². The van der Waals surface area contributed by atoms with Crippen LogP contribution in [-0.4, -0.2) is 34.5 Å². The first-order valence-electron chi connectivity index (χ1n) is 10.5. The van der Waals surface area contributed by atoms with E-state index in [1.54, 1.807) is 7.11 Å². The Bertz CT molecular complexity index is 991. The SMILES string of the molecule is COc1ccccc1-c1[nH]c(C)cc1C(=O)NCC1CCC(c2ncccn2)CC1. The highest BCUT2D eigenvalue weighted by Crippen LogP contribution is 2.34. The van der Waals surface area contributed by atoms with Crippen LogP contribution in [0.1, 0.15) is 53.5 Å². The highest BCUT2D eigenvalue weighted by Gasteiger charge is 2.25. The topological polar surface area (TPSA) is 79.9 Å². The van der Waals surface area contributed by atoms with Crippen molar-refractivity contribution in [2.75, 3.05) is 13.7 Å². The van der Waals surface area contributed by atoms with Gasteiger partial charge in [0.2, 0.25) is 0 Å². The minimum absolute atomic E-state index is 0.0474. The molecular weight excluding hydrogens is 376 g/mol. The van der Waals surface area contributed by atoms with Crippen LogP contribution in [-0.2, 0) is 0 Å². The van der Waals surface area contributed by atoms with Crippen molar-refractivity contribution in [1.82, 2.24) is 20.3 Å². The van der Waals surface area contributed by atoms with Crippen molar-refractivity contribution in [3.05, 3.63) is 65.9 Å². The number of ether oxygens (including phenoxy) is 1. The summed E-state index contributed by atoms with van der Waals surface area (Å²) in [6.07, 6.45) is 7.92. The van der Waals surface area contributed by atoms with Gasteiger partial charge in [-0.2, -0.15) is 0 Å². The molecule has 0 spiro atoms. The lowest BCUT2D eigenvalue weighted by atomic mass is 9.81. The number of aromatic nitrogens is 3. The number of aromatic amines is 1. The van der Waals surface area contributed by atoms with Gasteiger partial charge >= 0.3 is 0 Å². The largest absolute Gasteiger partial charge is 0.496 e. The average molecular weight is 405 g/mol. The summed E-state index contributed by atoms with van der Waals surface area (Å²) in [6, 6.07) is 11.5. The zero-order chi connectivity index (χ0) is 20.9. The minimum atomic E-state index is -0.0474. The summed E-state index contributed by atoms with van der Waals surface area (Å²) >= 11 is 0. The molecule has 1 fully saturated rings. The number of nitrogens with one attached hydrogen (secondary N) is 2. The molecule has 0 unspecified atom stereocenters. The van der Waals surface area contributed by atoms with Gasteiger partial charge in [0.05, 0.1) is 18.4 Å². The first kappa shape index (κ1) is 20.1. The standard InChI is InChI=1S/C24H28N4O2/c1-16-14-20(22(28-16)19-6-3-4-7-21(19)30-2)24(29)27-15-17-8-10-18(11-9-17)23-25-12-5-13-26-23/h3-7,12-14,17-18,28H,8-11,15H2,1-2H3,(H,27,29). The van der Waals surface area contributed by atoms with Gasteiger partial charge in [-0.15, -0.1) is 0 Å². The molecule has 1 aliphatic rings. The first-order chi connectivity index (χ1) is 14.7.